The molecule has 2 heterocycles. The second-order valence-electron chi connectivity index (χ2n) is 7.49. The van der Waals surface area contributed by atoms with Crippen molar-refractivity contribution in [3.8, 4) is 11.3 Å². The molecule has 1 saturated heterocycles. The van der Waals surface area contributed by atoms with E-state index in [9.17, 15) is 18.8 Å². The maximum Gasteiger partial charge on any atom is 0.344 e. The Morgan fingerprint density at radius 1 is 1.14 bits per heavy atom. The molecule has 2 fully saturated rings. The Hall–Kier alpha value is -3.16. The average molecular weight is 399 g/mol. The van der Waals surface area contributed by atoms with Crippen molar-refractivity contribution in [3.05, 3.63) is 48.0 Å². The van der Waals surface area contributed by atoms with Gasteiger partial charge in [-0.3, -0.25) is 15.0 Å². The number of carbonyl (C=O) groups is 3. The third kappa shape index (κ3) is 3.74. The summed E-state index contributed by atoms with van der Waals surface area (Å²) in [6.07, 6.45) is 4.25. The number of furan rings is 1. The Kier molecular flexibility index (Phi) is 5.08. The van der Waals surface area contributed by atoms with Crippen molar-refractivity contribution in [1.29, 1.82) is 0 Å². The number of urea groups is 1. The van der Waals surface area contributed by atoms with Crippen LogP contribution in [0.1, 0.15) is 44.3 Å². The number of aryl methyl sites for hydroxylation is 1. The lowest BCUT2D eigenvalue weighted by Crippen LogP contribution is -2.50. The molecule has 1 aliphatic carbocycles. The molecule has 1 saturated carbocycles. The fraction of sp³-hybridized carbons (Fsp3) is 0.381. The zero-order chi connectivity index (χ0) is 20.4. The molecule has 0 bridgehead atoms. The third-order valence-electron chi connectivity index (χ3n) is 5.50. The first-order chi connectivity index (χ1) is 14.0. The summed E-state index contributed by atoms with van der Waals surface area (Å²) in [6, 6.07) is 9.01. The van der Waals surface area contributed by atoms with Crippen molar-refractivity contribution in [2.24, 2.45) is 0 Å². The van der Waals surface area contributed by atoms with E-state index in [4.69, 9.17) is 4.42 Å². The fourth-order valence-corrected chi connectivity index (χ4v) is 3.95. The summed E-state index contributed by atoms with van der Waals surface area (Å²) in [5.41, 5.74) is 1.87. The summed E-state index contributed by atoms with van der Waals surface area (Å²) >= 11 is 0. The lowest BCUT2D eigenvalue weighted by Gasteiger charge is -2.30. The Morgan fingerprint density at radius 2 is 1.90 bits per heavy atom. The zero-order valence-electron chi connectivity index (χ0n) is 15.9. The molecule has 8 heteroatoms. The number of amides is 4. The summed E-state index contributed by atoms with van der Waals surface area (Å²) in [4.78, 5) is 37.1. The summed E-state index contributed by atoms with van der Waals surface area (Å²) in [5, 5.41) is 3.54. The van der Waals surface area contributed by atoms with Crippen LogP contribution in [0.3, 0.4) is 0 Å². The highest BCUT2D eigenvalue weighted by atomic mass is 19.1. The number of rotatable bonds is 5. The maximum atomic E-state index is 13.9. The predicted octanol–water partition coefficient (Wildman–Crippen LogP) is 3.30. The van der Waals surface area contributed by atoms with Gasteiger partial charge in [0, 0.05) is 12.8 Å². The van der Waals surface area contributed by atoms with E-state index in [2.05, 4.69) is 10.7 Å². The molecule has 7 nitrogen and oxygen atoms in total. The van der Waals surface area contributed by atoms with Gasteiger partial charge in [0.25, 0.3) is 5.91 Å². The van der Waals surface area contributed by atoms with Crippen LogP contribution in [0.2, 0.25) is 0 Å². The molecule has 4 amide bonds. The highest BCUT2D eigenvalue weighted by Gasteiger charge is 2.52. The molecule has 1 aromatic carbocycles. The van der Waals surface area contributed by atoms with Gasteiger partial charge < -0.3 is 9.73 Å². The number of imide groups is 1. The van der Waals surface area contributed by atoms with Gasteiger partial charge >= 0.3 is 6.03 Å². The van der Waals surface area contributed by atoms with Crippen molar-refractivity contribution in [2.45, 2.75) is 50.5 Å². The van der Waals surface area contributed by atoms with Crippen molar-refractivity contribution in [1.82, 2.24) is 15.8 Å². The third-order valence-corrected chi connectivity index (χ3v) is 5.50. The van der Waals surface area contributed by atoms with Crippen LogP contribution in [0.25, 0.3) is 11.3 Å². The van der Waals surface area contributed by atoms with Crippen LogP contribution in [0.4, 0.5) is 9.18 Å². The van der Waals surface area contributed by atoms with Gasteiger partial charge in [-0.2, -0.15) is 5.01 Å². The molecular weight excluding hydrogens is 377 g/mol. The molecule has 2 aromatic rings. The summed E-state index contributed by atoms with van der Waals surface area (Å²) in [5.74, 6) is -0.354. The molecule has 29 heavy (non-hydrogen) atoms. The van der Waals surface area contributed by atoms with Crippen LogP contribution in [0.15, 0.2) is 40.8 Å². The summed E-state index contributed by atoms with van der Waals surface area (Å²) in [7, 11) is 0. The molecule has 0 atom stereocenters. The van der Waals surface area contributed by atoms with Gasteiger partial charge in [-0.1, -0.05) is 31.4 Å². The normalized spacial score (nSPS) is 18.2. The fourth-order valence-electron chi connectivity index (χ4n) is 3.95. The van der Waals surface area contributed by atoms with E-state index in [0.717, 1.165) is 24.3 Å². The minimum atomic E-state index is -0.877. The molecule has 4 rings (SSSR count). The highest BCUT2D eigenvalue weighted by molar-refractivity contribution is 6.08. The van der Waals surface area contributed by atoms with Crippen molar-refractivity contribution in [2.75, 3.05) is 0 Å². The molecule has 1 spiro atoms. The topological polar surface area (TPSA) is 91.7 Å². The maximum absolute atomic E-state index is 13.9. The second-order valence-corrected chi connectivity index (χ2v) is 7.49. The summed E-state index contributed by atoms with van der Waals surface area (Å²) < 4.78 is 19.5. The number of carbonyl (C=O) groups excluding carboxylic acids is 3. The molecule has 0 unspecified atom stereocenters. The van der Waals surface area contributed by atoms with Gasteiger partial charge in [0.15, 0.2) is 0 Å². The quantitative estimate of drug-likeness (QED) is 0.755. The van der Waals surface area contributed by atoms with E-state index in [-0.39, 0.29) is 18.7 Å². The number of halogens is 1. The Labute approximate surface area is 167 Å². The number of nitrogens with zero attached hydrogens (tertiary/aromatic N) is 1. The number of hydrazine groups is 1. The van der Waals surface area contributed by atoms with Crippen LogP contribution in [0, 0.1) is 5.82 Å². The minimum absolute atomic E-state index is 0.0221. The standard InChI is InChI=1S/C21H22FN3O4/c22-16-7-3-2-6-15(16)17-10-8-14(29-17)9-11-18(26)24-25-19(27)21(23-20(25)28)12-4-1-5-13-21/h2-3,6-8,10H,1,4-5,9,11-13H2,(H,23,28)(H,24,26). The zero-order valence-corrected chi connectivity index (χ0v) is 15.9. The number of nitrogens with one attached hydrogen (secondary N) is 2. The van der Waals surface area contributed by atoms with E-state index < -0.39 is 23.4 Å². The summed E-state index contributed by atoms with van der Waals surface area (Å²) in [6.45, 7) is 0. The van der Waals surface area contributed by atoms with Crippen LogP contribution in [-0.2, 0) is 16.0 Å². The van der Waals surface area contributed by atoms with E-state index in [1.165, 1.54) is 6.07 Å². The molecule has 1 aromatic heterocycles. The molecule has 1 aliphatic heterocycles. The molecule has 152 valence electrons. The SMILES string of the molecule is O=C(CCc1ccc(-c2ccccc2F)o1)NN1C(=O)NC2(CCCCC2)C1=O. The first-order valence-corrected chi connectivity index (χ1v) is 9.78. The van der Waals surface area contributed by atoms with Crippen molar-refractivity contribution < 1.29 is 23.2 Å². The van der Waals surface area contributed by atoms with Crippen molar-refractivity contribution in [3.63, 3.8) is 0 Å². The van der Waals surface area contributed by atoms with Crippen LogP contribution in [-0.4, -0.2) is 28.4 Å². The Morgan fingerprint density at radius 3 is 2.66 bits per heavy atom. The minimum Gasteiger partial charge on any atom is -0.461 e. The van der Waals surface area contributed by atoms with E-state index >= 15 is 0 Å². The van der Waals surface area contributed by atoms with Gasteiger partial charge in [-0.05, 0) is 37.1 Å². The van der Waals surface area contributed by atoms with Gasteiger partial charge in [0.05, 0.1) is 5.56 Å². The molecular formula is C21H22FN3O4. The lowest BCUT2D eigenvalue weighted by atomic mass is 9.82. The van der Waals surface area contributed by atoms with Crippen LogP contribution >= 0.6 is 0 Å². The first-order valence-electron chi connectivity index (χ1n) is 9.78. The number of benzene rings is 1. The van der Waals surface area contributed by atoms with Gasteiger partial charge in [-0.15, -0.1) is 0 Å². The second kappa shape index (κ2) is 7.69. The largest absolute Gasteiger partial charge is 0.461 e. The van der Waals surface area contributed by atoms with Gasteiger partial charge in [-0.25, -0.2) is 9.18 Å². The molecule has 2 N–H and O–H groups in total. The van der Waals surface area contributed by atoms with E-state index in [1.807, 2.05) is 0 Å². The van der Waals surface area contributed by atoms with Crippen LogP contribution < -0.4 is 10.7 Å². The van der Waals surface area contributed by atoms with Gasteiger partial charge in [0.1, 0.15) is 22.9 Å². The first kappa shape index (κ1) is 19.2. The van der Waals surface area contributed by atoms with E-state index in [1.54, 1.807) is 30.3 Å². The van der Waals surface area contributed by atoms with Gasteiger partial charge in [0.2, 0.25) is 5.91 Å². The monoisotopic (exact) mass is 399 g/mol. The van der Waals surface area contributed by atoms with Crippen LogP contribution in [0.5, 0.6) is 0 Å². The molecule has 0 radical (unpaired) electrons. The average Bonchev–Trinajstić information content (AvgIpc) is 3.27. The lowest BCUT2D eigenvalue weighted by molar-refractivity contribution is -0.139. The number of hydrogen-bond acceptors (Lipinski definition) is 4. The van der Waals surface area contributed by atoms with E-state index in [0.29, 0.717) is 29.9 Å². The highest BCUT2D eigenvalue weighted by Crippen LogP contribution is 2.33. The number of hydrogen-bond donors (Lipinski definition) is 2. The predicted molar refractivity (Wildman–Crippen MR) is 102 cm³/mol. The molecule has 2 aliphatic rings. The van der Waals surface area contributed by atoms with Crippen molar-refractivity contribution >= 4 is 17.8 Å². The Bertz CT molecular complexity index is 949. The smallest absolute Gasteiger partial charge is 0.344 e. The Balaban J connectivity index is 1.34.